The number of unbranched alkanes of at least 4 members (excludes halogenated alkanes) is 1. The van der Waals surface area contributed by atoms with E-state index in [4.69, 9.17) is 0 Å². The second-order valence-corrected chi connectivity index (χ2v) is 6.26. The molecule has 0 aliphatic carbocycles. The van der Waals surface area contributed by atoms with Gasteiger partial charge in [-0.05, 0) is 50.0 Å². The molecule has 0 amide bonds. The number of fused-ring (bicyclic) bond motifs is 1. The Morgan fingerprint density at radius 1 is 1.35 bits per heavy atom. The highest BCUT2D eigenvalue weighted by Gasteiger charge is 2.01. The van der Waals surface area contributed by atoms with Gasteiger partial charge < -0.3 is 5.32 Å². The second kappa shape index (κ2) is 6.26. The Bertz CT molecular complexity index is 479. The highest BCUT2D eigenvalue weighted by atomic mass is 32.2. The first kappa shape index (κ1) is 12.7. The standard InChI is InChI=1S/C13H18N2S2/c1-10-15-12-6-5-11(9-13(12)17-10)14-7-3-4-8-16-2/h5-6,9,14H,3-4,7-8H2,1-2H3. The van der Waals surface area contributed by atoms with Crippen LogP contribution in [0.25, 0.3) is 10.2 Å². The van der Waals surface area contributed by atoms with Gasteiger partial charge in [-0.3, -0.25) is 0 Å². The fourth-order valence-electron chi connectivity index (χ4n) is 1.75. The van der Waals surface area contributed by atoms with E-state index in [2.05, 4.69) is 41.7 Å². The molecule has 0 aliphatic rings. The molecule has 1 aromatic carbocycles. The molecule has 0 radical (unpaired) electrons. The summed E-state index contributed by atoms with van der Waals surface area (Å²) in [5, 5.41) is 4.61. The number of thioether (sulfide) groups is 1. The molecular weight excluding hydrogens is 248 g/mol. The predicted octanol–water partition coefficient (Wildman–Crippen LogP) is 4.16. The molecule has 0 saturated heterocycles. The maximum absolute atomic E-state index is 4.46. The largest absolute Gasteiger partial charge is 0.385 e. The first-order chi connectivity index (χ1) is 8.29. The van der Waals surface area contributed by atoms with Crippen molar-refractivity contribution in [3.8, 4) is 0 Å². The van der Waals surface area contributed by atoms with E-state index in [1.807, 2.05) is 11.8 Å². The first-order valence-electron chi connectivity index (χ1n) is 5.89. The van der Waals surface area contributed by atoms with Gasteiger partial charge in [0.15, 0.2) is 0 Å². The van der Waals surface area contributed by atoms with Crippen LogP contribution in [0.4, 0.5) is 5.69 Å². The SMILES string of the molecule is CSCCCCNc1ccc2nc(C)sc2c1. The zero-order valence-electron chi connectivity index (χ0n) is 10.3. The fourth-order valence-corrected chi connectivity index (χ4v) is 3.11. The zero-order chi connectivity index (χ0) is 12.1. The van der Waals surface area contributed by atoms with Crippen LogP contribution in [0, 0.1) is 6.92 Å². The number of aromatic nitrogens is 1. The molecular formula is C13H18N2S2. The highest BCUT2D eigenvalue weighted by molar-refractivity contribution is 7.98. The van der Waals surface area contributed by atoms with Gasteiger partial charge in [0.1, 0.15) is 0 Å². The maximum Gasteiger partial charge on any atom is 0.0907 e. The average Bonchev–Trinajstić information content (AvgIpc) is 2.68. The Labute approximate surface area is 111 Å². The van der Waals surface area contributed by atoms with Crippen molar-refractivity contribution in [1.29, 1.82) is 0 Å². The highest BCUT2D eigenvalue weighted by Crippen LogP contribution is 2.24. The van der Waals surface area contributed by atoms with Crippen molar-refractivity contribution in [2.45, 2.75) is 19.8 Å². The van der Waals surface area contributed by atoms with Crippen LogP contribution in [0.3, 0.4) is 0 Å². The number of hydrogen-bond acceptors (Lipinski definition) is 4. The second-order valence-electron chi connectivity index (χ2n) is 4.04. The number of aryl methyl sites for hydroxylation is 1. The minimum Gasteiger partial charge on any atom is -0.385 e. The molecule has 1 N–H and O–H groups in total. The van der Waals surface area contributed by atoms with Gasteiger partial charge >= 0.3 is 0 Å². The topological polar surface area (TPSA) is 24.9 Å². The van der Waals surface area contributed by atoms with Crippen LogP contribution < -0.4 is 5.32 Å². The lowest BCUT2D eigenvalue weighted by molar-refractivity contribution is 0.843. The van der Waals surface area contributed by atoms with E-state index in [1.54, 1.807) is 11.3 Å². The van der Waals surface area contributed by atoms with E-state index < -0.39 is 0 Å². The van der Waals surface area contributed by atoms with Gasteiger partial charge in [0.25, 0.3) is 0 Å². The predicted molar refractivity (Wildman–Crippen MR) is 80.5 cm³/mol. The Morgan fingerprint density at radius 2 is 2.24 bits per heavy atom. The lowest BCUT2D eigenvalue weighted by Crippen LogP contribution is -2.01. The van der Waals surface area contributed by atoms with Crippen LogP contribution in [-0.4, -0.2) is 23.5 Å². The number of hydrogen-bond donors (Lipinski definition) is 1. The van der Waals surface area contributed by atoms with E-state index in [1.165, 1.54) is 29.0 Å². The van der Waals surface area contributed by atoms with Crippen molar-refractivity contribution in [3.05, 3.63) is 23.2 Å². The molecule has 1 heterocycles. The molecule has 1 aromatic heterocycles. The molecule has 0 unspecified atom stereocenters. The number of rotatable bonds is 6. The van der Waals surface area contributed by atoms with E-state index in [-0.39, 0.29) is 0 Å². The molecule has 0 spiro atoms. The lowest BCUT2D eigenvalue weighted by Gasteiger charge is -2.05. The minimum absolute atomic E-state index is 1.06. The minimum atomic E-state index is 1.06. The molecule has 0 saturated carbocycles. The van der Waals surface area contributed by atoms with Crippen LogP contribution in [0.5, 0.6) is 0 Å². The van der Waals surface area contributed by atoms with Crippen molar-refractivity contribution in [3.63, 3.8) is 0 Å². The molecule has 17 heavy (non-hydrogen) atoms. The van der Waals surface area contributed by atoms with Crippen molar-refractivity contribution < 1.29 is 0 Å². The molecule has 2 nitrogen and oxygen atoms in total. The van der Waals surface area contributed by atoms with E-state index in [0.29, 0.717) is 0 Å². The molecule has 92 valence electrons. The molecule has 0 aliphatic heterocycles. The molecule has 0 bridgehead atoms. The van der Waals surface area contributed by atoms with Crippen LogP contribution in [0.2, 0.25) is 0 Å². The summed E-state index contributed by atoms with van der Waals surface area (Å²) in [4.78, 5) is 4.46. The molecule has 2 aromatic rings. The summed E-state index contributed by atoms with van der Waals surface area (Å²) in [6, 6.07) is 6.42. The first-order valence-corrected chi connectivity index (χ1v) is 8.10. The number of nitrogens with zero attached hydrogens (tertiary/aromatic N) is 1. The Kier molecular flexibility index (Phi) is 4.68. The van der Waals surface area contributed by atoms with Crippen LogP contribution in [0.15, 0.2) is 18.2 Å². The molecule has 0 atom stereocenters. The fraction of sp³-hybridized carbons (Fsp3) is 0.462. The summed E-state index contributed by atoms with van der Waals surface area (Å²) in [5.74, 6) is 1.26. The van der Waals surface area contributed by atoms with Gasteiger partial charge in [-0.1, -0.05) is 0 Å². The third-order valence-electron chi connectivity index (χ3n) is 2.60. The summed E-state index contributed by atoms with van der Waals surface area (Å²) in [5.41, 5.74) is 2.32. The number of benzene rings is 1. The van der Waals surface area contributed by atoms with Gasteiger partial charge in [-0.25, -0.2) is 4.98 Å². The van der Waals surface area contributed by atoms with Crippen LogP contribution >= 0.6 is 23.1 Å². The summed E-state index contributed by atoms with van der Waals surface area (Å²) < 4.78 is 1.27. The van der Waals surface area contributed by atoms with E-state index in [9.17, 15) is 0 Å². The summed E-state index contributed by atoms with van der Waals surface area (Å²) >= 11 is 3.68. The van der Waals surface area contributed by atoms with Crippen LogP contribution in [-0.2, 0) is 0 Å². The average molecular weight is 266 g/mol. The number of thiazole rings is 1. The van der Waals surface area contributed by atoms with Gasteiger partial charge in [-0.2, -0.15) is 11.8 Å². The zero-order valence-corrected chi connectivity index (χ0v) is 12.0. The van der Waals surface area contributed by atoms with Crippen molar-refractivity contribution in [2.75, 3.05) is 23.9 Å². The smallest absolute Gasteiger partial charge is 0.0907 e. The quantitative estimate of drug-likeness (QED) is 0.795. The molecule has 2 rings (SSSR count). The Morgan fingerprint density at radius 3 is 3.06 bits per heavy atom. The maximum atomic E-state index is 4.46. The Balaban J connectivity index is 1.90. The number of anilines is 1. The van der Waals surface area contributed by atoms with E-state index in [0.717, 1.165) is 17.1 Å². The van der Waals surface area contributed by atoms with Crippen molar-refractivity contribution in [1.82, 2.24) is 4.98 Å². The normalized spacial score (nSPS) is 10.9. The van der Waals surface area contributed by atoms with Crippen molar-refractivity contribution >= 4 is 39.0 Å². The lowest BCUT2D eigenvalue weighted by atomic mass is 10.3. The van der Waals surface area contributed by atoms with Crippen LogP contribution in [0.1, 0.15) is 17.8 Å². The summed E-state index contributed by atoms with van der Waals surface area (Å²) in [7, 11) is 0. The summed E-state index contributed by atoms with van der Waals surface area (Å²) in [6.07, 6.45) is 4.68. The summed E-state index contributed by atoms with van der Waals surface area (Å²) in [6.45, 7) is 3.12. The van der Waals surface area contributed by atoms with Crippen molar-refractivity contribution in [2.24, 2.45) is 0 Å². The Hall–Kier alpha value is -0.740. The molecule has 4 heteroatoms. The van der Waals surface area contributed by atoms with Gasteiger partial charge in [0.2, 0.25) is 0 Å². The van der Waals surface area contributed by atoms with Gasteiger partial charge in [-0.15, -0.1) is 11.3 Å². The third-order valence-corrected chi connectivity index (χ3v) is 4.23. The van der Waals surface area contributed by atoms with Gasteiger partial charge in [0.05, 0.1) is 15.2 Å². The van der Waals surface area contributed by atoms with E-state index >= 15 is 0 Å². The monoisotopic (exact) mass is 266 g/mol. The molecule has 0 fully saturated rings. The third kappa shape index (κ3) is 3.61. The number of nitrogens with one attached hydrogen (secondary N) is 1. The van der Waals surface area contributed by atoms with Gasteiger partial charge in [0, 0.05) is 12.2 Å².